The highest BCUT2D eigenvalue weighted by Gasteiger charge is 2.22. The van der Waals surface area contributed by atoms with Crippen LogP contribution < -0.4 is 5.32 Å². The highest BCUT2D eigenvalue weighted by molar-refractivity contribution is 9.10. The standard InChI is InChI=1S/C14H26BrN3/c1-9(2)16-7-11(5)12(6)14-13(15)8-17-18(14)10(3)4/h8-12,16H,7H2,1-6H3. The first-order valence-corrected chi connectivity index (χ1v) is 7.60. The van der Waals surface area contributed by atoms with Gasteiger partial charge in [0.25, 0.3) is 0 Å². The minimum absolute atomic E-state index is 0.402. The third-order valence-electron chi connectivity index (χ3n) is 3.41. The largest absolute Gasteiger partial charge is 0.314 e. The lowest BCUT2D eigenvalue weighted by atomic mass is 9.92. The predicted octanol–water partition coefficient (Wildman–Crippen LogP) is 3.96. The SMILES string of the molecule is CC(C)NCC(C)C(C)c1c(Br)cnn1C(C)C. The minimum Gasteiger partial charge on any atom is -0.314 e. The van der Waals surface area contributed by atoms with Gasteiger partial charge >= 0.3 is 0 Å². The van der Waals surface area contributed by atoms with Gasteiger partial charge in [0.05, 0.1) is 16.4 Å². The second kappa shape index (κ2) is 6.71. The zero-order chi connectivity index (χ0) is 13.9. The number of halogens is 1. The maximum Gasteiger partial charge on any atom is 0.0635 e. The average Bonchev–Trinajstić information content (AvgIpc) is 2.67. The molecule has 0 radical (unpaired) electrons. The first-order valence-electron chi connectivity index (χ1n) is 6.80. The van der Waals surface area contributed by atoms with Gasteiger partial charge in [0.1, 0.15) is 0 Å². The molecular formula is C14H26BrN3. The van der Waals surface area contributed by atoms with E-state index < -0.39 is 0 Å². The van der Waals surface area contributed by atoms with Gasteiger partial charge in [-0.2, -0.15) is 5.10 Å². The summed E-state index contributed by atoms with van der Waals surface area (Å²) in [6.07, 6.45) is 1.91. The summed E-state index contributed by atoms with van der Waals surface area (Å²) in [7, 11) is 0. The minimum atomic E-state index is 0.402. The van der Waals surface area contributed by atoms with Crippen LogP contribution in [0.1, 0.15) is 59.2 Å². The molecular weight excluding hydrogens is 290 g/mol. The number of hydrogen-bond acceptors (Lipinski definition) is 2. The summed E-state index contributed by atoms with van der Waals surface area (Å²) < 4.78 is 3.25. The van der Waals surface area contributed by atoms with Crippen LogP contribution in [-0.4, -0.2) is 22.4 Å². The van der Waals surface area contributed by atoms with Gasteiger partial charge in [0, 0.05) is 18.0 Å². The molecule has 0 aliphatic rings. The molecule has 0 fully saturated rings. The summed E-state index contributed by atoms with van der Waals surface area (Å²) >= 11 is 3.63. The number of hydrogen-bond donors (Lipinski definition) is 1. The summed E-state index contributed by atoms with van der Waals surface area (Å²) in [6.45, 7) is 14.3. The fraction of sp³-hybridized carbons (Fsp3) is 0.786. The molecule has 1 heterocycles. The molecule has 18 heavy (non-hydrogen) atoms. The van der Waals surface area contributed by atoms with Crippen molar-refractivity contribution >= 4 is 15.9 Å². The maximum atomic E-state index is 4.46. The van der Waals surface area contributed by atoms with Gasteiger partial charge < -0.3 is 5.32 Å². The first-order chi connectivity index (χ1) is 8.34. The topological polar surface area (TPSA) is 29.9 Å². The van der Waals surface area contributed by atoms with Crippen LogP contribution >= 0.6 is 15.9 Å². The Bertz CT molecular complexity index is 371. The Morgan fingerprint density at radius 3 is 2.33 bits per heavy atom. The fourth-order valence-corrected chi connectivity index (χ4v) is 2.69. The quantitative estimate of drug-likeness (QED) is 0.861. The van der Waals surface area contributed by atoms with Crippen LogP contribution in [0.15, 0.2) is 10.7 Å². The van der Waals surface area contributed by atoms with Crippen molar-refractivity contribution in [3.63, 3.8) is 0 Å². The van der Waals surface area contributed by atoms with Gasteiger partial charge in [-0.05, 0) is 42.2 Å². The van der Waals surface area contributed by atoms with Crippen molar-refractivity contribution < 1.29 is 0 Å². The van der Waals surface area contributed by atoms with E-state index in [2.05, 4.69) is 72.6 Å². The molecule has 1 N–H and O–H groups in total. The van der Waals surface area contributed by atoms with E-state index in [1.807, 2.05) is 6.20 Å². The monoisotopic (exact) mass is 315 g/mol. The zero-order valence-electron chi connectivity index (χ0n) is 12.4. The van der Waals surface area contributed by atoms with Crippen LogP contribution in [0.4, 0.5) is 0 Å². The molecule has 1 rings (SSSR count). The Labute approximate surface area is 119 Å². The van der Waals surface area contributed by atoms with Gasteiger partial charge in [-0.25, -0.2) is 0 Å². The third kappa shape index (κ3) is 3.82. The van der Waals surface area contributed by atoms with E-state index >= 15 is 0 Å². The molecule has 3 nitrogen and oxygen atoms in total. The molecule has 0 aliphatic carbocycles. The van der Waals surface area contributed by atoms with Crippen molar-refractivity contribution in [2.24, 2.45) is 5.92 Å². The van der Waals surface area contributed by atoms with Crippen molar-refractivity contribution in [1.82, 2.24) is 15.1 Å². The number of rotatable bonds is 6. The first kappa shape index (κ1) is 15.7. The summed E-state index contributed by atoms with van der Waals surface area (Å²) in [5.41, 5.74) is 1.31. The summed E-state index contributed by atoms with van der Waals surface area (Å²) in [5, 5.41) is 7.97. The lowest BCUT2D eigenvalue weighted by Gasteiger charge is -2.24. The summed E-state index contributed by atoms with van der Waals surface area (Å²) in [4.78, 5) is 0. The Balaban J connectivity index is 2.82. The van der Waals surface area contributed by atoms with Crippen LogP contribution in [0.25, 0.3) is 0 Å². The Kier molecular flexibility index (Phi) is 5.86. The third-order valence-corrected chi connectivity index (χ3v) is 4.02. The highest BCUT2D eigenvalue weighted by Crippen LogP contribution is 2.31. The van der Waals surface area contributed by atoms with E-state index in [4.69, 9.17) is 0 Å². The van der Waals surface area contributed by atoms with Gasteiger partial charge in [-0.3, -0.25) is 4.68 Å². The molecule has 0 spiro atoms. The van der Waals surface area contributed by atoms with Gasteiger partial charge in [-0.1, -0.05) is 27.7 Å². The number of nitrogens with one attached hydrogen (secondary N) is 1. The van der Waals surface area contributed by atoms with E-state index in [0.717, 1.165) is 11.0 Å². The molecule has 1 aromatic rings. The molecule has 104 valence electrons. The maximum absolute atomic E-state index is 4.46. The normalized spacial score (nSPS) is 15.4. The van der Waals surface area contributed by atoms with Crippen molar-refractivity contribution in [1.29, 1.82) is 0 Å². The molecule has 0 amide bonds. The van der Waals surface area contributed by atoms with Gasteiger partial charge in [-0.15, -0.1) is 0 Å². The molecule has 0 bridgehead atoms. The zero-order valence-corrected chi connectivity index (χ0v) is 14.0. The van der Waals surface area contributed by atoms with Crippen LogP contribution in [0.5, 0.6) is 0 Å². The molecule has 0 aromatic carbocycles. The van der Waals surface area contributed by atoms with E-state index in [9.17, 15) is 0 Å². The van der Waals surface area contributed by atoms with Crippen molar-refractivity contribution in [3.05, 3.63) is 16.4 Å². The average molecular weight is 316 g/mol. The van der Waals surface area contributed by atoms with Crippen molar-refractivity contribution in [2.45, 2.75) is 59.5 Å². The van der Waals surface area contributed by atoms with Crippen LogP contribution in [0.3, 0.4) is 0 Å². The van der Waals surface area contributed by atoms with E-state index in [1.165, 1.54) is 5.69 Å². The Morgan fingerprint density at radius 2 is 1.83 bits per heavy atom. The molecule has 4 heteroatoms. The lowest BCUT2D eigenvalue weighted by molar-refractivity contribution is 0.393. The molecule has 2 atom stereocenters. The summed E-state index contributed by atoms with van der Waals surface area (Å²) in [5.74, 6) is 1.06. The Hall–Kier alpha value is -0.350. The number of aromatic nitrogens is 2. The highest BCUT2D eigenvalue weighted by atomic mass is 79.9. The molecule has 0 saturated carbocycles. The van der Waals surface area contributed by atoms with Crippen LogP contribution in [0, 0.1) is 5.92 Å². The van der Waals surface area contributed by atoms with Crippen LogP contribution in [-0.2, 0) is 0 Å². The second-order valence-electron chi connectivity index (χ2n) is 5.74. The van der Waals surface area contributed by atoms with Crippen molar-refractivity contribution in [2.75, 3.05) is 6.54 Å². The van der Waals surface area contributed by atoms with E-state index in [1.54, 1.807) is 0 Å². The smallest absolute Gasteiger partial charge is 0.0635 e. The van der Waals surface area contributed by atoms with E-state index in [0.29, 0.717) is 23.9 Å². The molecule has 0 saturated heterocycles. The molecule has 2 unspecified atom stereocenters. The second-order valence-corrected chi connectivity index (χ2v) is 6.60. The molecule has 1 aromatic heterocycles. The van der Waals surface area contributed by atoms with E-state index in [-0.39, 0.29) is 0 Å². The van der Waals surface area contributed by atoms with Gasteiger partial charge in [0.15, 0.2) is 0 Å². The molecule has 0 aliphatic heterocycles. The van der Waals surface area contributed by atoms with Crippen molar-refractivity contribution in [3.8, 4) is 0 Å². The van der Waals surface area contributed by atoms with Gasteiger partial charge in [0.2, 0.25) is 0 Å². The number of nitrogens with zero attached hydrogens (tertiary/aromatic N) is 2. The Morgan fingerprint density at radius 1 is 1.22 bits per heavy atom. The van der Waals surface area contributed by atoms with Crippen LogP contribution in [0.2, 0.25) is 0 Å². The fourth-order valence-electron chi connectivity index (χ4n) is 2.06. The summed E-state index contributed by atoms with van der Waals surface area (Å²) in [6, 6.07) is 0.942. The lowest BCUT2D eigenvalue weighted by Crippen LogP contribution is -2.30. The predicted molar refractivity (Wildman–Crippen MR) is 81.0 cm³/mol.